The second kappa shape index (κ2) is 6.26. The van der Waals surface area contributed by atoms with Crippen LogP contribution < -0.4 is 10.2 Å². The molecule has 1 aliphatic rings. The fraction of sp³-hybridized carbons (Fsp3) is 0.500. The lowest BCUT2D eigenvalue weighted by Gasteiger charge is -2.29. The van der Waals surface area contributed by atoms with Gasteiger partial charge in [0.1, 0.15) is 5.82 Å². The molecule has 0 fully saturated rings. The highest BCUT2D eigenvalue weighted by Crippen LogP contribution is 2.31. The average molecular weight is 285 g/mol. The topological polar surface area (TPSA) is 28.2 Å². The summed E-state index contributed by atoms with van der Waals surface area (Å²) in [5, 5.41) is 3.21. The third-order valence-electron chi connectivity index (χ3n) is 3.31. The summed E-state index contributed by atoms with van der Waals surface area (Å²) in [6.45, 7) is 4.13. The summed E-state index contributed by atoms with van der Waals surface area (Å²) in [5.74, 6) is 0.769. The molecule has 2 heterocycles. The van der Waals surface area contributed by atoms with Crippen molar-refractivity contribution in [1.29, 1.82) is 0 Å². The number of pyridine rings is 1. The van der Waals surface area contributed by atoms with E-state index in [4.69, 9.17) is 0 Å². The van der Waals surface area contributed by atoms with Gasteiger partial charge in [-0.05, 0) is 19.0 Å². The van der Waals surface area contributed by atoms with Crippen LogP contribution in [0.3, 0.4) is 0 Å². The van der Waals surface area contributed by atoms with E-state index in [1.165, 1.54) is 6.08 Å². The highest BCUT2D eigenvalue weighted by Gasteiger charge is 2.35. The normalized spacial score (nSPS) is 16.2. The third-order valence-corrected chi connectivity index (χ3v) is 3.31. The van der Waals surface area contributed by atoms with Gasteiger partial charge < -0.3 is 10.2 Å². The number of alkyl halides is 3. The van der Waals surface area contributed by atoms with Gasteiger partial charge in [0, 0.05) is 37.0 Å². The zero-order chi connectivity index (χ0) is 14.6. The maximum atomic E-state index is 12.6. The lowest BCUT2D eigenvalue weighted by atomic mass is 10.1. The van der Waals surface area contributed by atoms with Crippen LogP contribution in [0, 0.1) is 0 Å². The molecule has 0 unspecified atom stereocenters. The summed E-state index contributed by atoms with van der Waals surface area (Å²) >= 11 is 0. The second-order valence-corrected chi connectivity index (χ2v) is 4.69. The van der Waals surface area contributed by atoms with Crippen LogP contribution in [-0.2, 0) is 6.54 Å². The van der Waals surface area contributed by atoms with Crippen molar-refractivity contribution in [2.24, 2.45) is 0 Å². The summed E-state index contributed by atoms with van der Waals surface area (Å²) in [5.41, 5.74) is 0.580. The van der Waals surface area contributed by atoms with Crippen LogP contribution in [0.2, 0.25) is 0 Å². The van der Waals surface area contributed by atoms with Crippen molar-refractivity contribution in [3.8, 4) is 0 Å². The Hall–Kier alpha value is -1.56. The van der Waals surface area contributed by atoms with Crippen molar-refractivity contribution in [2.45, 2.75) is 26.1 Å². The van der Waals surface area contributed by atoms with E-state index in [0.29, 0.717) is 13.1 Å². The van der Waals surface area contributed by atoms with Crippen LogP contribution in [-0.4, -0.2) is 30.8 Å². The molecule has 0 saturated heterocycles. The molecule has 0 saturated carbocycles. The first-order valence-corrected chi connectivity index (χ1v) is 6.68. The van der Waals surface area contributed by atoms with Gasteiger partial charge in [0.25, 0.3) is 0 Å². The van der Waals surface area contributed by atoms with E-state index in [2.05, 4.69) is 10.3 Å². The van der Waals surface area contributed by atoms with E-state index in [1.807, 2.05) is 24.0 Å². The van der Waals surface area contributed by atoms with Gasteiger partial charge in [-0.1, -0.05) is 19.1 Å². The first kappa shape index (κ1) is 14.8. The minimum Gasteiger partial charge on any atom is -0.352 e. The molecule has 1 aromatic rings. The van der Waals surface area contributed by atoms with E-state index in [0.717, 1.165) is 17.9 Å². The highest BCUT2D eigenvalue weighted by atomic mass is 19.4. The van der Waals surface area contributed by atoms with E-state index >= 15 is 0 Å². The largest absolute Gasteiger partial charge is 0.412 e. The highest BCUT2D eigenvalue weighted by molar-refractivity contribution is 5.48. The smallest absolute Gasteiger partial charge is 0.352 e. The lowest BCUT2D eigenvalue weighted by molar-refractivity contribution is -0.0944. The van der Waals surface area contributed by atoms with Crippen molar-refractivity contribution < 1.29 is 13.2 Å². The molecule has 0 aliphatic carbocycles. The molecule has 3 nitrogen and oxygen atoms in total. The van der Waals surface area contributed by atoms with Crippen LogP contribution in [0.25, 0.3) is 0 Å². The van der Waals surface area contributed by atoms with Gasteiger partial charge in [0.2, 0.25) is 0 Å². The summed E-state index contributed by atoms with van der Waals surface area (Å²) in [7, 11) is 0. The Morgan fingerprint density at radius 2 is 2.20 bits per heavy atom. The fourth-order valence-electron chi connectivity index (χ4n) is 2.23. The number of halogens is 3. The summed E-state index contributed by atoms with van der Waals surface area (Å²) in [4.78, 5) is 6.21. The van der Waals surface area contributed by atoms with Crippen molar-refractivity contribution in [1.82, 2.24) is 10.3 Å². The van der Waals surface area contributed by atoms with Crippen molar-refractivity contribution >= 4 is 5.82 Å². The number of rotatable bonds is 4. The van der Waals surface area contributed by atoms with E-state index in [9.17, 15) is 13.2 Å². The summed E-state index contributed by atoms with van der Waals surface area (Å²) < 4.78 is 37.8. The zero-order valence-electron chi connectivity index (χ0n) is 11.4. The Morgan fingerprint density at radius 1 is 1.40 bits per heavy atom. The predicted octanol–water partition coefficient (Wildman–Crippen LogP) is 2.89. The monoisotopic (exact) mass is 285 g/mol. The Kier molecular flexibility index (Phi) is 4.65. The molecule has 2 rings (SSSR count). The molecule has 0 radical (unpaired) electrons. The Bertz CT molecular complexity index is 483. The summed E-state index contributed by atoms with van der Waals surface area (Å²) in [6, 6.07) is 3.80. The number of nitrogens with one attached hydrogen (secondary N) is 1. The van der Waals surface area contributed by atoms with Gasteiger partial charge in [-0.25, -0.2) is 4.98 Å². The van der Waals surface area contributed by atoms with Crippen molar-refractivity contribution in [3.63, 3.8) is 0 Å². The van der Waals surface area contributed by atoms with Crippen LogP contribution >= 0.6 is 0 Å². The number of anilines is 1. The molecule has 0 atom stereocenters. The molecular formula is C14H18F3N3. The molecule has 1 aliphatic heterocycles. The molecule has 110 valence electrons. The van der Waals surface area contributed by atoms with Gasteiger partial charge >= 0.3 is 6.18 Å². The SMILES string of the molecule is CCNCc1cccnc1N1CC=C(C(F)(F)F)CC1. The predicted molar refractivity (Wildman–Crippen MR) is 72.6 cm³/mol. The number of nitrogens with zero attached hydrogens (tertiary/aromatic N) is 2. The van der Waals surface area contributed by atoms with E-state index < -0.39 is 11.7 Å². The quantitative estimate of drug-likeness (QED) is 0.862. The van der Waals surface area contributed by atoms with Crippen LogP contribution in [0.15, 0.2) is 30.0 Å². The minimum absolute atomic E-state index is 0.0146. The Balaban J connectivity index is 2.12. The molecule has 0 spiro atoms. The molecule has 0 amide bonds. The van der Waals surface area contributed by atoms with Crippen LogP contribution in [0.4, 0.5) is 19.0 Å². The maximum absolute atomic E-state index is 12.6. The van der Waals surface area contributed by atoms with Gasteiger partial charge in [0.05, 0.1) is 0 Å². The van der Waals surface area contributed by atoms with E-state index in [1.54, 1.807) is 6.20 Å². The Labute approximate surface area is 116 Å². The summed E-state index contributed by atoms with van der Waals surface area (Å²) in [6.07, 6.45) is -1.26. The van der Waals surface area contributed by atoms with Crippen LogP contribution in [0.1, 0.15) is 18.9 Å². The minimum atomic E-state index is -4.21. The average Bonchev–Trinajstić information content (AvgIpc) is 2.45. The maximum Gasteiger partial charge on any atom is 0.412 e. The molecule has 1 N–H and O–H groups in total. The molecule has 0 bridgehead atoms. The van der Waals surface area contributed by atoms with Gasteiger partial charge in [0.15, 0.2) is 0 Å². The van der Waals surface area contributed by atoms with E-state index in [-0.39, 0.29) is 13.0 Å². The molecule has 20 heavy (non-hydrogen) atoms. The Morgan fingerprint density at radius 3 is 2.80 bits per heavy atom. The molecular weight excluding hydrogens is 267 g/mol. The first-order chi connectivity index (χ1) is 9.52. The van der Waals surface area contributed by atoms with Gasteiger partial charge in [-0.2, -0.15) is 13.2 Å². The standard InChI is InChI=1S/C14H18F3N3/c1-2-18-10-11-4-3-7-19-13(11)20-8-5-12(6-9-20)14(15,16)17/h3-5,7,18H,2,6,8-10H2,1H3. The second-order valence-electron chi connectivity index (χ2n) is 4.69. The molecule has 0 aromatic carbocycles. The number of hydrogen-bond donors (Lipinski definition) is 1. The lowest BCUT2D eigenvalue weighted by Crippen LogP contribution is -2.33. The fourth-order valence-corrected chi connectivity index (χ4v) is 2.23. The van der Waals surface area contributed by atoms with Gasteiger partial charge in [-0.3, -0.25) is 0 Å². The van der Waals surface area contributed by atoms with Crippen molar-refractivity contribution in [3.05, 3.63) is 35.5 Å². The van der Waals surface area contributed by atoms with Crippen molar-refractivity contribution in [2.75, 3.05) is 24.5 Å². The number of hydrogen-bond acceptors (Lipinski definition) is 3. The molecule has 1 aromatic heterocycles. The van der Waals surface area contributed by atoms with Crippen LogP contribution in [0.5, 0.6) is 0 Å². The zero-order valence-corrected chi connectivity index (χ0v) is 11.4. The first-order valence-electron chi connectivity index (χ1n) is 6.68. The van der Waals surface area contributed by atoms with Gasteiger partial charge in [-0.15, -0.1) is 0 Å². The number of aromatic nitrogens is 1. The molecule has 6 heteroatoms. The third kappa shape index (κ3) is 3.50.